The van der Waals surface area contributed by atoms with Crippen molar-refractivity contribution in [1.82, 2.24) is 0 Å². The molecule has 1 aliphatic rings. The van der Waals surface area contributed by atoms with E-state index in [1.807, 2.05) is 29.2 Å². The summed E-state index contributed by atoms with van der Waals surface area (Å²) in [7, 11) is 1.59. The van der Waals surface area contributed by atoms with Crippen LogP contribution in [0.5, 0.6) is 5.75 Å². The van der Waals surface area contributed by atoms with Crippen molar-refractivity contribution in [1.29, 1.82) is 0 Å². The van der Waals surface area contributed by atoms with E-state index in [1.54, 1.807) is 31.4 Å². The fourth-order valence-electron chi connectivity index (χ4n) is 4.02. The Morgan fingerprint density at radius 3 is 2.41 bits per heavy atom. The number of hydrogen-bond donors (Lipinski definition) is 0. The van der Waals surface area contributed by atoms with Crippen LogP contribution in [0.25, 0.3) is 10.8 Å². The number of carbonyl (C=O) groups excluding carboxylic acids is 1. The monoisotopic (exact) mass is 390 g/mol. The van der Waals surface area contributed by atoms with Crippen molar-refractivity contribution in [2.24, 2.45) is 0 Å². The normalized spacial score (nSPS) is 14.0. The summed E-state index contributed by atoms with van der Waals surface area (Å²) in [5.41, 5.74) is 1.38. The van der Waals surface area contributed by atoms with Gasteiger partial charge in [-0.3, -0.25) is 14.9 Å². The fraction of sp³-hybridized carbons (Fsp3) is 0.261. The maximum absolute atomic E-state index is 13.2. The maximum atomic E-state index is 13.2. The predicted molar refractivity (Wildman–Crippen MR) is 113 cm³/mol. The van der Waals surface area contributed by atoms with Gasteiger partial charge in [-0.25, -0.2) is 0 Å². The number of hydrogen-bond acceptors (Lipinski definition) is 5. The van der Waals surface area contributed by atoms with Crippen molar-refractivity contribution in [3.05, 3.63) is 75.8 Å². The maximum Gasteiger partial charge on any atom is 0.293 e. The van der Waals surface area contributed by atoms with Crippen LogP contribution in [0, 0.1) is 10.1 Å². The molecule has 0 N–H and O–H groups in total. The van der Waals surface area contributed by atoms with Crippen molar-refractivity contribution in [2.75, 3.05) is 25.1 Å². The van der Waals surface area contributed by atoms with Crippen LogP contribution >= 0.6 is 0 Å². The van der Waals surface area contributed by atoms with Crippen LogP contribution in [0.4, 0.5) is 11.4 Å². The standard InChI is InChI=1S/C23H22N2O4/c1-29-22-12-10-19(17-7-3-4-8-18(17)22)23(26)16-9-11-20(21(15-16)25(27)28)24-13-5-2-6-14-24/h3-4,7-12,15H,2,5-6,13-14H2,1H3. The molecule has 0 radical (unpaired) electrons. The summed E-state index contributed by atoms with van der Waals surface area (Å²) >= 11 is 0. The highest BCUT2D eigenvalue weighted by Crippen LogP contribution is 2.34. The molecular weight excluding hydrogens is 368 g/mol. The van der Waals surface area contributed by atoms with Crippen LogP contribution in [-0.2, 0) is 0 Å². The average Bonchev–Trinajstić information content (AvgIpc) is 2.78. The highest BCUT2D eigenvalue weighted by Gasteiger charge is 2.24. The number of methoxy groups -OCH3 is 1. The van der Waals surface area contributed by atoms with E-state index in [9.17, 15) is 14.9 Å². The second-order valence-corrected chi connectivity index (χ2v) is 7.20. The van der Waals surface area contributed by atoms with E-state index < -0.39 is 4.92 Å². The van der Waals surface area contributed by atoms with E-state index >= 15 is 0 Å². The van der Waals surface area contributed by atoms with Crippen molar-refractivity contribution < 1.29 is 14.5 Å². The van der Waals surface area contributed by atoms with Gasteiger partial charge in [-0.15, -0.1) is 0 Å². The van der Waals surface area contributed by atoms with Crippen LogP contribution < -0.4 is 9.64 Å². The topological polar surface area (TPSA) is 72.7 Å². The SMILES string of the molecule is COc1ccc(C(=O)c2ccc(N3CCCCC3)c([N+](=O)[O-])c2)c2ccccc12. The number of carbonyl (C=O) groups is 1. The number of benzene rings is 3. The van der Waals surface area contributed by atoms with Crippen LogP contribution in [0.1, 0.15) is 35.2 Å². The molecule has 0 unspecified atom stereocenters. The molecule has 148 valence electrons. The lowest BCUT2D eigenvalue weighted by Gasteiger charge is -2.28. The third-order valence-corrected chi connectivity index (χ3v) is 5.48. The van der Waals surface area contributed by atoms with Crippen molar-refractivity contribution in [3.8, 4) is 5.75 Å². The number of rotatable bonds is 5. The Bertz CT molecular complexity index is 1090. The smallest absolute Gasteiger partial charge is 0.293 e. The Kier molecular flexibility index (Phi) is 5.16. The summed E-state index contributed by atoms with van der Waals surface area (Å²) in [6.45, 7) is 1.61. The molecule has 0 amide bonds. The molecule has 1 heterocycles. The quantitative estimate of drug-likeness (QED) is 0.349. The van der Waals surface area contributed by atoms with Gasteiger partial charge in [0.15, 0.2) is 5.78 Å². The lowest BCUT2D eigenvalue weighted by molar-refractivity contribution is -0.384. The second-order valence-electron chi connectivity index (χ2n) is 7.20. The largest absolute Gasteiger partial charge is 0.496 e. The molecule has 3 aromatic carbocycles. The highest BCUT2D eigenvalue weighted by molar-refractivity contribution is 6.17. The van der Waals surface area contributed by atoms with Crippen molar-refractivity contribution in [2.45, 2.75) is 19.3 Å². The molecule has 0 bridgehead atoms. The zero-order chi connectivity index (χ0) is 20.4. The number of ketones is 1. The zero-order valence-electron chi connectivity index (χ0n) is 16.3. The molecule has 3 aromatic rings. The van der Waals surface area contributed by atoms with Crippen LogP contribution in [-0.4, -0.2) is 30.9 Å². The number of piperidine rings is 1. The zero-order valence-corrected chi connectivity index (χ0v) is 16.3. The first-order valence-electron chi connectivity index (χ1n) is 9.74. The van der Waals surface area contributed by atoms with Crippen LogP contribution in [0.15, 0.2) is 54.6 Å². The molecule has 6 nitrogen and oxygen atoms in total. The minimum atomic E-state index is -0.396. The number of ether oxygens (including phenoxy) is 1. The Balaban J connectivity index is 1.77. The summed E-state index contributed by atoms with van der Waals surface area (Å²) in [5, 5.41) is 13.3. The van der Waals surface area contributed by atoms with Crippen LogP contribution in [0.3, 0.4) is 0 Å². The molecule has 29 heavy (non-hydrogen) atoms. The molecule has 1 fully saturated rings. The van der Waals surface area contributed by atoms with Gasteiger partial charge < -0.3 is 9.64 Å². The molecule has 0 aromatic heterocycles. The first-order chi connectivity index (χ1) is 14.1. The van der Waals surface area contributed by atoms with Gasteiger partial charge >= 0.3 is 0 Å². The third kappa shape index (κ3) is 3.53. The summed E-state index contributed by atoms with van der Waals surface area (Å²) in [6, 6.07) is 15.8. The summed E-state index contributed by atoms with van der Waals surface area (Å²) in [6.07, 6.45) is 3.19. The van der Waals surface area contributed by atoms with Gasteiger partial charge in [0.1, 0.15) is 11.4 Å². The molecule has 4 rings (SSSR count). The first-order valence-corrected chi connectivity index (χ1v) is 9.74. The van der Waals surface area contributed by atoms with E-state index in [4.69, 9.17) is 4.74 Å². The van der Waals surface area contributed by atoms with E-state index in [-0.39, 0.29) is 11.5 Å². The Morgan fingerprint density at radius 1 is 1.00 bits per heavy atom. The molecule has 6 heteroatoms. The van der Waals surface area contributed by atoms with Crippen molar-refractivity contribution >= 4 is 27.9 Å². The summed E-state index contributed by atoms with van der Waals surface area (Å²) in [5.74, 6) is 0.445. The molecule has 1 saturated heterocycles. The number of nitro benzene ring substituents is 1. The number of nitro groups is 1. The minimum Gasteiger partial charge on any atom is -0.496 e. The van der Waals surface area contributed by atoms with Gasteiger partial charge in [0.25, 0.3) is 5.69 Å². The number of anilines is 1. The molecule has 1 aliphatic heterocycles. The molecule has 0 spiro atoms. The van der Waals surface area contributed by atoms with E-state index in [0.29, 0.717) is 22.6 Å². The lowest BCUT2D eigenvalue weighted by atomic mass is 9.96. The Morgan fingerprint density at radius 2 is 1.72 bits per heavy atom. The summed E-state index contributed by atoms with van der Waals surface area (Å²) in [4.78, 5) is 26.6. The second kappa shape index (κ2) is 7.91. The molecular formula is C23H22N2O4. The Hall–Kier alpha value is -3.41. The Labute approximate surface area is 168 Å². The minimum absolute atomic E-state index is 0.0180. The lowest BCUT2D eigenvalue weighted by Crippen LogP contribution is -2.30. The highest BCUT2D eigenvalue weighted by atomic mass is 16.6. The van der Waals surface area contributed by atoms with E-state index in [2.05, 4.69) is 0 Å². The first kappa shape index (κ1) is 18.9. The van der Waals surface area contributed by atoms with Gasteiger partial charge in [0.2, 0.25) is 0 Å². The molecule has 0 saturated carbocycles. The number of fused-ring (bicyclic) bond motifs is 1. The third-order valence-electron chi connectivity index (χ3n) is 5.48. The van der Waals surface area contributed by atoms with Crippen molar-refractivity contribution in [3.63, 3.8) is 0 Å². The molecule has 0 aliphatic carbocycles. The van der Waals surface area contributed by atoms with Gasteiger partial charge in [0.05, 0.1) is 12.0 Å². The van der Waals surface area contributed by atoms with Gasteiger partial charge in [0, 0.05) is 35.7 Å². The van der Waals surface area contributed by atoms with Crippen LogP contribution in [0.2, 0.25) is 0 Å². The van der Waals surface area contributed by atoms with Gasteiger partial charge in [-0.2, -0.15) is 0 Å². The van der Waals surface area contributed by atoms with E-state index in [0.717, 1.165) is 43.1 Å². The molecule has 0 atom stereocenters. The van der Waals surface area contributed by atoms with Gasteiger partial charge in [-0.1, -0.05) is 24.3 Å². The van der Waals surface area contributed by atoms with Gasteiger partial charge in [-0.05, 0) is 48.9 Å². The van der Waals surface area contributed by atoms with E-state index in [1.165, 1.54) is 6.07 Å². The number of nitrogens with zero attached hydrogens (tertiary/aromatic N) is 2. The average molecular weight is 390 g/mol. The fourth-order valence-corrected chi connectivity index (χ4v) is 4.02. The predicted octanol–water partition coefficient (Wildman–Crippen LogP) is 4.98. The summed E-state index contributed by atoms with van der Waals surface area (Å²) < 4.78 is 5.40.